The highest BCUT2D eigenvalue weighted by molar-refractivity contribution is 5.99. The van der Waals surface area contributed by atoms with Gasteiger partial charge in [0.15, 0.2) is 5.54 Å². The topological polar surface area (TPSA) is 115 Å². The summed E-state index contributed by atoms with van der Waals surface area (Å²) >= 11 is 0. The number of pyridine rings is 2. The van der Waals surface area contributed by atoms with Crippen LogP contribution in [0.15, 0.2) is 49.1 Å². The van der Waals surface area contributed by atoms with Crippen LogP contribution in [0.4, 0.5) is 24.5 Å². The Kier molecular flexibility index (Phi) is 6.86. The minimum Gasteiger partial charge on any atom is -0.383 e. The Morgan fingerprint density at radius 3 is 2.32 bits per heavy atom. The van der Waals surface area contributed by atoms with E-state index in [-0.39, 0.29) is 18.3 Å². The summed E-state index contributed by atoms with van der Waals surface area (Å²) in [5.74, 6) is 0. The van der Waals surface area contributed by atoms with E-state index in [0.29, 0.717) is 51.1 Å². The van der Waals surface area contributed by atoms with E-state index in [2.05, 4.69) is 58.6 Å². The molecule has 0 aliphatic heterocycles. The maximum atomic E-state index is 13.8. The highest BCUT2D eigenvalue weighted by atomic mass is 19.4. The molecule has 0 saturated heterocycles. The fraction of sp³-hybridized carbons (Fsp3) is 0.367. The number of nitrogens with one attached hydrogen (secondary N) is 2. The molecule has 1 fully saturated rings. The smallest absolute Gasteiger partial charge is 0.383 e. The first-order valence-electron chi connectivity index (χ1n) is 13.2. The molecule has 1 aliphatic carbocycles. The van der Waals surface area contributed by atoms with E-state index < -0.39 is 17.8 Å². The minimum atomic E-state index is -4.41. The molecule has 3 aromatic heterocycles. The van der Waals surface area contributed by atoms with Crippen LogP contribution in [0, 0.1) is 35.0 Å². The number of aryl methyl sites for hydroxylation is 1. The molecule has 1 aliphatic rings. The lowest BCUT2D eigenvalue weighted by molar-refractivity contribution is -0.182. The van der Waals surface area contributed by atoms with Crippen LogP contribution in [0.2, 0.25) is 0 Å². The predicted molar refractivity (Wildman–Crippen MR) is 149 cm³/mol. The van der Waals surface area contributed by atoms with E-state index in [0.717, 1.165) is 10.4 Å². The molecule has 8 nitrogen and oxygen atoms in total. The second kappa shape index (κ2) is 10.1. The summed E-state index contributed by atoms with van der Waals surface area (Å²) in [4.78, 5) is 8.78. The molecule has 0 bridgehead atoms. The average Bonchev–Trinajstić information content (AvgIpc) is 3.61. The van der Waals surface area contributed by atoms with Gasteiger partial charge in [-0.05, 0) is 48.9 Å². The molecule has 1 atom stereocenters. The third-order valence-corrected chi connectivity index (χ3v) is 7.21. The monoisotopic (exact) mass is 558 g/mol. The molecule has 4 aromatic rings. The van der Waals surface area contributed by atoms with Crippen molar-refractivity contribution in [3.05, 3.63) is 77.0 Å². The molecule has 1 saturated carbocycles. The standard InChI is InChI=1S/C30H29F3N8/c1-18-5-6-19(13-36-18)25(22-15-39-41(16-22)29(7-8-29)30(31,32)33)40-23-9-20(11-34)26-24(10-23)27(21(12-35)14-37-26)38-17-28(2,3)4/h5-6,9-10,13-16,25,40H,7-8,17H2,1-4H3,(H,37,38). The van der Waals surface area contributed by atoms with Crippen molar-refractivity contribution in [1.29, 1.82) is 10.5 Å². The first-order chi connectivity index (χ1) is 19.3. The number of anilines is 2. The zero-order valence-electron chi connectivity index (χ0n) is 23.1. The van der Waals surface area contributed by atoms with Gasteiger partial charge >= 0.3 is 6.18 Å². The minimum absolute atomic E-state index is 0.0173. The SMILES string of the molecule is Cc1ccc(C(Nc2cc(C#N)c3ncc(C#N)c(NCC(C)(C)C)c3c2)c2cnn(C3(C(F)(F)F)CC3)c2)cn1. The molecule has 210 valence electrons. The molecule has 11 heteroatoms. The van der Waals surface area contributed by atoms with E-state index in [1.54, 1.807) is 18.3 Å². The van der Waals surface area contributed by atoms with Crippen molar-refractivity contribution in [1.82, 2.24) is 19.7 Å². The molecular formula is C30H29F3N8. The Labute approximate surface area is 235 Å². The number of rotatable bonds is 7. The van der Waals surface area contributed by atoms with Gasteiger partial charge in [-0.1, -0.05) is 26.8 Å². The fourth-order valence-corrected chi connectivity index (χ4v) is 4.76. The van der Waals surface area contributed by atoms with Gasteiger partial charge in [-0.15, -0.1) is 0 Å². The van der Waals surface area contributed by atoms with Crippen LogP contribution in [-0.2, 0) is 5.54 Å². The van der Waals surface area contributed by atoms with Crippen LogP contribution in [0.3, 0.4) is 0 Å². The third-order valence-electron chi connectivity index (χ3n) is 7.21. The fourth-order valence-electron chi connectivity index (χ4n) is 4.76. The highest BCUT2D eigenvalue weighted by Crippen LogP contribution is 2.55. The number of alkyl halides is 3. The zero-order valence-corrected chi connectivity index (χ0v) is 23.1. The number of benzene rings is 1. The Hall–Kier alpha value is -4.64. The van der Waals surface area contributed by atoms with Crippen LogP contribution >= 0.6 is 0 Å². The number of hydrogen-bond donors (Lipinski definition) is 2. The predicted octanol–water partition coefficient (Wildman–Crippen LogP) is 6.59. The molecule has 0 spiro atoms. The lowest BCUT2D eigenvalue weighted by atomic mass is 9.96. The Balaban J connectivity index is 1.61. The summed E-state index contributed by atoms with van der Waals surface area (Å²) in [5.41, 5.74) is 2.11. The first kappa shape index (κ1) is 27.9. The first-order valence-corrected chi connectivity index (χ1v) is 13.2. The van der Waals surface area contributed by atoms with Crippen molar-refractivity contribution in [2.75, 3.05) is 17.2 Å². The number of hydrogen-bond acceptors (Lipinski definition) is 7. The second-order valence-electron chi connectivity index (χ2n) is 11.7. The summed E-state index contributed by atoms with van der Waals surface area (Å²) in [5, 5.41) is 31.2. The lowest BCUT2D eigenvalue weighted by Crippen LogP contribution is -2.35. The molecule has 0 radical (unpaired) electrons. The van der Waals surface area contributed by atoms with Crippen molar-refractivity contribution in [2.24, 2.45) is 5.41 Å². The van der Waals surface area contributed by atoms with E-state index in [1.165, 1.54) is 18.6 Å². The second-order valence-corrected chi connectivity index (χ2v) is 11.7. The van der Waals surface area contributed by atoms with Crippen molar-refractivity contribution < 1.29 is 13.2 Å². The number of halogens is 3. The van der Waals surface area contributed by atoms with Crippen molar-refractivity contribution in [3.8, 4) is 12.1 Å². The molecule has 3 heterocycles. The van der Waals surface area contributed by atoms with Gasteiger partial charge in [-0.3, -0.25) is 14.6 Å². The third kappa shape index (κ3) is 5.40. The number of nitrogens with zero attached hydrogens (tertiary/aromatic N) is 6. The molecule has 1 unspecified atom stereocenters. The van der Waals surface area contributed by atoms with Crippen LogP contribution in [0.25, 0.3) is 10.9 Å². The quantitative estimate of drug-likeness (QED) is 0.263. The molecule has 1 aromatic carbocycles. The molecule has 2 N–H and O–H groups in total. The van der Waals surface area contributed by atoms with Gasteiger partial charge in [0, 0.05) is 47.5 Å². The van der Waals surface area contributed by atoms with Gasteiger partial charge in [0.25, 0.3) is 0 Å². The van der Waals surface area contributed by atoms with Crippen LogP contribution in [0.1, 0.15) is 67.6 Å². The largest absolute Gasteiger partial charge is 0.413 e. The highest BCUT2D eigenvalue weighted by Gasteiger charge is 2.65. The van der Waals surface area contributed by atoms with Crippen molar-refractivity contribution >= 4 is 22.3 Å². The van der Waals surface area contributed by atoms with E-state index in [1.807, 2.05) is 19.1 Å². The van der Waals surface area contributed by atoms with Gasteiger partial charge in [0.1, 0.15) is 12.1 Å². The molecule has 5 rings (SSSR count). The molecular weight excluding hydrogens is 529 g/mol. The van der Waals surface area contributed by atoms with Crippen molar-refractivity contribution in [3.63, 3.8) is 0 Å². The van der Waals surface area contributed by atoms with E-state index in [9.17, 15) is 23.7 Å². The average molecular weight is 559 g/mol. The van der Waals surface area contributed by atoms with E-state index in [4.69, 9.17) is 0 Å². The van der Waals surface area contributed by atoms with Gasteiger partial charge < -0.3 is 10.6 Å². The Morgan fingerprint density at radius 2 is 1.73 bits per heavy atom. The normalized spacial score (nSPS) is 15.1. The van der Waals surface area contributed by atoms with Crippen LogP contribution < -0.4 is 10.6 Å². The summed E-state index contributed by atoms with van der Waals surface area (Å²) in [6, 6.07) is 10.9. The summed E-state index contributed by atoms with van der Waals surface area (Å²) in [7, 11) is 0. The molecule has 41 heavy (non-hydrogen) atoms. The summed E-state index contributed by atoms with van der Waals surface area (Å²) < 4.78 is 42.5. The van der Waals surface area contributed by atoms with Crippen LogP contribution in [-0.4, -0.2) is 32.5 Å². The van der Waals surface area contributed by atoms with Gasteiger partial charge in [-0.2, -0.15) is 28.8 Å². The number of fused-ring (bicyclic) bond motifs is 1. The Morgan fingerprint density at radius 1 is 1.00 bits per heavy atom. The Bertz CT molecular complexity index is 1680. The maximum Gasteiger partial charge on any atom is 0.413 e. The van der Waals surface area contributed by atoms with Crippen molar-refractivity contribution in [2.45, 2.75) is 58.3 Å². The lowest BCUT2D eigenvalue weighted by Gasteiger charge is -2.23. The van der Waals surface area contributed by atoms with Crippen LogP contribution in [0.5, 0.6) is 0 Å². The number of aromatic nitrogens is 4. The van der Waals surface area contributed by atoms with Gasteiger partial charge in [0.2, 0.25) is 0 Å². The van der Waals surface area contributed by atoms with Gasteiger partial charge in [0.05, 0.1) is 34.6 Å². The maximum absolute atomic E-state index is 13.8. The van der Waals surface area contributed by atoms with Gasteiger partial charge in [-0.25, -0.2) is 0 Å². The summed E-state index contributed by atoms with van der Waals surface area (Å²) in [6.45, 7) is 8.60. The molecule has 0 amide bonds. The number of nitriles is 2. The zero-order chi connectivity index (χ0) is 29.6. The summed E-state index contributed by atoms with van der Waals surface area (Å²) in [6.07, 6.45) is 1.53. The van der Waals surface area contributed by atoms with E-state index >= 15 is 0 Å².